The second-order valence-electron chi connectivity index (χ2n) is 6.47. The number of carbonyl (C=O) groups excluding carboxylic acids is 1. The molecule has 1 fully saturated rings. The van der Waals surface area contributed by atoms with E-state index in [2.05, 4.69) is 36.5 Å². The Hall–Kier alpha value is -2.50. The first kappa shape index (κ1) is 20.8. The van der Waals surface area contributed by atoms with Gasteiger partial charge in [-0.1, -0.05) is 18.2 Å². The molecular weight excluding hydrogens is 490 g/mol. The number of nitrogens with zero attached hydrogens (tertiary/aromatic N) is 3. The van der Waals surface area contributed by atoms with Crippen LogP contribution in [0.25, 0.3) is 10.6 Å². The fraction of sp³-hybridized carbons (Fsp3) is 0.211. The minimum Gasteiger partial charge on any atom is -0.352 e. The van der Waals surface area contributed by atoms with Crippen molar-refractivity contribution in [1.82, 2.24) is 20.2 Å². The number of sulfone groups is 1. The van der Waals surface area contributed by atoms with Crippen molar-refractivity contribution in [3.05, 3.63) is 53.1 Å². The van der Waals surface area contributed by atoms with Crippen molar-refractivity contribution in [2.45, 2.75) is 9.10 Å². The van der Waals surface area contributed by atoms with Crippen molar-refractivity contribution in [2.75, 3.05) is 31.5 Å². The molecule has 3 heterocycles. The van der Waals surface area contributed by atoms with E-state index in [1.165, 1.54) is 0 Å². The van der Waals surface area contributed by atoms with E-state index in [4.69, 9.17) is 0 Å². The molecule has 1 aliphatic rings. The van der Waals surface area contributed by atoms with Crippen LogP contribution in [0, 0.1) is 0 Å². The molecule has 0 aliphatic carbocycles. The molecule has 2 amide bonds. The normalized spacial score (nSPS) is 14.0. The Morgan fingerprint density at radius 2 is 2.00 bits per heavy atom. The van der Waals surface area contributed by atoms with Crippen LogP contribution in [0.2, 0.25) is 0 Å². The molecule has 8 nitrogen and oxygen atoms in total. The van der Waals surface area contributed by atoms with E-state index < -0.39 is 9.84 Å². The highest BCUT2D eigenvalue weighted by Gasteiger charge is 2.22. The van der Waals surface area contributed by atoms with Gasteiger partial charge in [-0.2, -0.15) is 0 Å². The Morgan fingerprint density at radius 3 is 2.73 bits per heavy atom. The average molecular weight is 508 g/mol. The molecule has 156 valence electrons. The Bertz CT molecular complexity index is 1170. The summed E-state index contributed by atoms with van der Waals surface area (Å²) >= 11 is 4.60. The van der Waals surface area contributed by atoms with E-state index in [9.17, 15) is 13.2 Å². The molecule has 0 unspecified atom stereocenters. The lowest BCUT2D eigenvalue weighted by Crippen LogP contribution is -2.32. The molecule has 0 bridgehead atoms. The largest absolute Gasteiger partial charge is 0.352 e. The highest BCUT2D eigenvalue weighted by atomic mass is 79.9. The summed E-state index contributed by atoms with van der Waals surface area (Å²) in [6.45, 7) is 2.39. The van der Waals surface area contributed by atoms with E-state index in [0.717, 1.165) is 11.3 Å². The Labute approximate surface area is 186 Å². The summed E-state index contributed by atoms with van der Waals surface area (Å²) in [6.07, 6.45) is 1.62. The van der Waals surface area contributed by atoms with Crippen molar-refractivity contribution in [2.24, 2.45) is 0 Å². The SMILES string of the molecule is O=C1NCCN1CCNc1ncc(Br)c(-c2ccc(S(=O)(=O)c3ccccc3)s2)n1. The van der Waals surface area contributed by atoms with Crippen molar-refractivity contribution in [1.29, 1.82) is 0 Å². The van der Waals surface area contributed by atoms with Crippen LogP contribution in [0.1, 0.15) is 0 Å². The lowest BCUT2D eigenvalue weighted by atomic mass is 10.3. The number of rotatable bonds is 7. The molecule has 0 spiro atoms. The van der Waals surface area contributed by atoms with E-state index >= 15 is 0 Å². The summed E-state index contributed by atoms with van der Waals surface area (Å²) in [5.41, 5.74) is 0.603. The molecule has 0 atom stereocenters. The van der Waals surface area contributed by atoms with Gasteiger partial charge in [0.15, 0.2) is 0 Å². The zero-order valence-electron chi connectivity index (χ0n) is 15.7. The Balaban J connectivity index is 1.52. The lowest BCUT2D eigenvalue weighted by Gasteiger charge is -2.14. The molecule has 0 saturated carbocycles. The third-order valence-electron chi connectivity index (χ3n) is 4.49. The summed E-state index contributed by atoms with van der Waals surface area (Å²) in [7, 11) is -3.58. The monoisotopic (exact) mass is 507 g/mol. The van der Waals surface area contributed by atoms with Gasteiger partial charge >= 0.3 is 6.03 Å². The molecule has 2 aromatic heterocycles. The summed E-state index contributed by atoms with van der Waals surface area (Å²) in [5, 5.41) is 5.87. The van der Waals surface area contributed by atoms with Gasteiger partial charge in [-0.05, 0) is 40.2 Å². The second-order valence-corrected chi connectivity index (χ2v) is 10.6. The summed E-state index contributed by atoms with van der Waals surface area (Å²) in [5.74, 6) is 0.411. The van der Waals surface area contributed by atoms with E-state index in [1.807, 2.05) is 0 Å². The zero-order valence-corrected chi connectivity index (χ0v) is 18.9. The van der Waals surface area contributed by atoms with Crippen molar-refractivity contribution in [3.63, 3.8) is 0 Å². The molecule has 4 rings (SSSR count). The topological polar surface area (TPSA) is 104 Å². The molecular formula is C19H18BrN5O3S2. The maximum atomic E-state index is 12.8. The number of hydrogen-bond donors (Lipinski definition) is 2. The minimum absolute atomic E-state index is 0.0695. The zero-order chi connectivity index (χ0) is 21.1. The van der Waals surface area contributed by atoms with E-state index in [0.29, 0.717) is 47.2 Å². The predicted octanol–water partition coefficient (Wildman–Crippen LogP) is 3.24. The molecule has 1 saturated heterocycles. The smallest absolute Gasteiger partial charge is 0.317 e. The highest BCUT2D eigenvalue weighted by molar-refractivity contribution is 9.10. The first-order valence-electron chi connectivity index (χ1n) is 9.15. The minimum atomic E-state index is -3.58. The summed E-state index contributed by atoms with van der Waals surface area (Å²) in [4.78, 5) is 23.0. The number of nitrogens with one attached hydrogen (secondary N) is 2. The fourth-order valence-electron chi connectivity index (χ4n) is 2.96. The maximum Gasteiger partial charge on any atom is 0.317 e. The van der Waals surface area contributed by atoms with E-state index in [1.54, 1.807) is 53.6 Å². The van der Waals surface area contributed by atoms with Gasteiger partial charge in [0.2, 0.25) is 15.8 Å². The molecule has 1 aromatic carbocycles. The van der Waals surface area contributed by atoms with Crippen molar-refractivity contribution >= 4 is 49.1 Å². The predicted molar refractivity (Wildman–Crippen MR) is 118 cm³/mol. The van der Waals surface area contributed by atoms with Crippen molar-refractivity contribution in [3.8, 4) is 10.6 Å². The fourth-order valence-corrected chi connectivity index (χ4v) is 6.23. The Morgan fingerprint density at radius 1 is 1.20 bits per heavy atom. The number of thiophene rings is 1. The average Bonchev–Trinajstić information content (AvgIpc) is 3.40. The molecule has 11 heteroatoms. The number of amides is 2. The number of carbonyl (C=O) groups is 1. The van der Waals surface area contributed by atoms with Crippen LogP contribution in [0.5, 0.6) is 0 Å². The molecule has 1 aliphatic heterocycles. The lowest BCUT2D eigenvalue weighted by molar-refractivity contribution is 0.219. The number of urea groups is 1. The van der Waals surface area contributed by atoms with Gasteiger partial charge in [0.25, 0.3) is 0 Å². The quantitative estimate of drug-likeness (QED) is 0.508. The summed E-state index contributed by atoms with van der Waals surface area (Å²) in [6, 6.07) is 11.6. The Kier molecular flexibility index (Phi) is 6.02. The third-order valence-corrected chi connectivity index (χ3v) is 8.42. The standard InChI is InChI=1S/C19H18BrN5O3S2/c20-14-12-23-18(21-8-10-25-11-9-22-19(25)26)24-17(14)15-6-7-16(29-15)30(27,28)13-4-2-1-3-5-13/h1-7,12H,8-11H2,(H,22,26)(H,21,23,24). The highest BCUT2D eigenvalue weighted by Crippen LogP contribution is 2.36. The van der Waals surface area contributed by atoms with Gasteiger partial charge < -0.3 is 15.5 Å². The van der Waals surface area contributed by atoms with Crippen LogP contribution in [0.15, 0.2) is 62.2 Å². The number of aromatic nitrogens is 2. The number of halogens is 1. The second kappa shape index (κ2) is 8.70. The van der Waals surface area contributed by atoms with Crippen LogP contribution in [-0.4, -0.2) is 55.5 Å². The number of benzene rings is 1. The van der Waals surface area contributed by atoms with Gasteiger partial charge in [-0.25, -0.2) is 23.2 Å². The van der Waals surface area contributed by atoms with Crippen LogP contribution < -0.4 is 10.6 Å². The van der Waals surface area contributed by atoms with Crippen LogP contribution in [0.3, 0.4) is 0 Å². The van der Waals surface area contributed by atoms with Gasteiger partial charge in [0, 0.05) is 32.4 Å². The summed E-state index contributed by atoms with van der Waals surface area (Å²) < 4.78 is 26.6. The first-order valence-corrected chi connectivity index (χ1v) is 12.2. The van der Waals surface area contributed by atoms with Crippen LogP contribution in [0.4, 0.5) is 10.7 Å². The third kappa shape index (κ3) is 4.32. The van der Waals surface area contributed by atoms with Gasteiger partial charge in [0.1, 0.15) is 9.90 Å². The molecule has 30 heavy (non-hydrogen) atoms. The molecule has 2 N–H and O–H groups in total. The number of hydrogen-bond acceptors (Lipinski definition) is 7. The van der Waals surface area contributed by atoms with Gasteiger partial charge in [0.05, 0.1) is 14.2 Å². The van der Waals surface area contributed by atoms with Crippen LogP contribution >= 0.6 is 27.3 Å². The van der Waals surface area contributed by atoms with Gasteiger partial charge in [-0.15, -0.1) is 11.3 Å². The van der Waals surface area contributed by atoms with Crippen LogP contribution in [-0.2, 0) is 9.84 Å². The van der Waals surface area contributed by atoms with Crippen molar-refractivity contribution < 1.29 is 13.2 Å². The molecule has 3 aromatic rings. The number of anilines is 1. The van der Waals surface area contributed by atoms with E-state index in [-0.39, 0.29) is 15.1 Å². The van der Waals surface area contributed by atoms with Gasteiger partial charge in [-0.3, -0.25) is 0 Å². The first-order chi connectivity index (χ1) is 14.4. The maximum absolute atomic E-state index is 12.8. The molecule has 0 radical (unpaired) electrons.